The van der Waals surface area contributed by atoms with Gasteiger partial charge in [-0.25, -0.2) is 4.98 Å². The Bertz CT molecular complexity index is 912. The highest BCUT2D eigenvalue weighted by Gasteiger charge is 2.10. The summed E-state index contributed by atoms with van der Waals surface area (Å²) in [5.41, 5.74) is 4.60. The third-order valence-corrected chi connectivity index (χ3v) is 5.42. The Morgan fingerprint density at radius 1 is 0.852 bits per heavy atom. The second kappa shape index (κ2) is 9.38. The van der Waals surface area contributed by atoms with Crippen molar-refractivity contribution in [1.82, 2.24) is 4.98 Å². The molecule has 4 heteroatoms. The molecule has 0 saturated heterocycles. The zero-order valence-corrected chi connectivity index (χ0v) is 16.5. The zero-order valence-electron chi connectivity index (χ0n) is 15.7. The van der Waals surface area contributed by atoms with Gasteiger partial charge in [-0.1, -0.05) is 55.0 Å². The van der Waals surface area contributed by atoms with Gasteiger partial charge in [0.2, 0.25) is 0 Å². The molecule has 1 aromatic heterocycles. The van der Waals surface area contributed by atoms with E-state index in [2.05, 4.69) is 29.4 Å². The highest BCUT2D eigenvalue weighted by atomic mass is 32.1. The van der Waals surface area contributed by atoms with Crippen LogP contribution in [0.1, 0.15) is 46.7 Å². The monoisotopic (exact) mass is 375 g/mol. The summed E-state index contributed by atoms with van der Waals surface area (Å²) < 4.78 is 0. The zero-order chi connectivity index (χ0) is 19.1. The van der Waals surface area contributed by atoms with Gasteiger partial charge in [0.15, 0.2) is 0 Å². The van der Waals surface area contributed by atoms with Gasteiger partial charge in [-0.15, -0.1) is 11.3 Å². The van der Waals surface area contributed by atoms with Crippen LogP contribution < -0.4 is 0 Å². The predicted octanol–water partition coefficient (Wildman–Crippen LogP) is 5.84. The van der Waals surface area contributed by atoms with E-state index in [1.54, 1.807) is 11.3 Å². The second-order valence-corrected chi connectivity index (χ2v) is 7.80. The predicted molar refractivity (Wildman–Crippen MR) is 115 cm³/mol. The van der Waals surface area contributed by atoms with E-state index in [-0.39, 0.29) is 11.4 Å². The average Bonchev–Trinajstić information content (AvgIpc) is 3.12. The fourth-order valence-electron chi connectivity index (χ4n) is 3.11. The van der Waals surface area contributed by atoms with Gasteiger partial charge in [0.05, 0.1) is 22.1 Å². The molecule has 0 saturated carbocycles. The van der Waals surface area contributed by atoms with Crippen molar-refractivity contribution >= 4 is 22.8 Å². The van der Waals surface area contributed by atoms with Gasteiger partial charge >= 0.3 is 0 Å². The Morgan fingerprint density at radius 2 is 1.56 bits per heavy atom. The Kier molecular flexibility index (Phi) is 6.66. The van der Waals surface area contributed by atoms with Crippen LogP contribution in [-0.4, -0.2) is 16.4 Å². The molecule has 3 aromatic rings. The van der Waals surface area contributed by atoms with Crippen LogP contribution in [0.2, 0.25) is 0 Å². The summed E-state index contributed by atoms with van der Waals surface area (Å²) in [7, 11) is 0. The maximum absolute atomic E-state index is 8.38. The lowest BCUT2D eigenvalue weighted by molar-refractivity contribution is 0.672. The Balaban J connectivity index is 1.51. The largest absolute Gasteiger partial charge is 0.298 e. The summed E-state index contributed by atoms with van der Waals surface area (Å²) >= 11 is 1.72. The van der Waals surface area contributed by atoms with Crippen molar-refractivity contribution in [3.05, 3.63) is 87.4 Å². The highest BCUT2D eigenvalue weighted by molar-refractivity contribution is 7.09. The van der Waals surface area contributed by atoms with Gasteiger partial charge < -0.3 is 0 Å². The second-order valence-electron chi connectivity index (χ2n) is 6.73. The lowest BCUT2D eigenvalue weighted by Gasteiger charge is -2.09. The van der Waals surface area contributed by atoms with Gasteiger partial charge in [0.25, 0.3) is 0 Å². The van der Waals surface area contributed by atoms with Crippen LogP contribution in [0.4, 0.5) is 0 Å². The Hall–Kier alpha value is -2.59. The number of benzene rings is 2. The number of thiazole rings is 1. The molecular formula is C23H25N3S. The van der Waals surface area contributed by atoms with E-state index in [9.17, 15) is 0 Å². The summed E-state index contributed by atoms with van der Waals surface area (Å²) in [6.45, 7) is 2.05. The van der Waals surface area contributed by atoms with Crippen LogP contribution >= 0.6 is 11.3 Å². The lowest BCUT2D eigenvalue weighted by atomic mass is 9.97. The molecule has 3 rings (SSSR count). The van der Waals surface area contributed by atoms with E-state index in [1.807, 2.05) is 42.5 Å². The molecule has 0 amide bonds. The number of nitrogens with zero attached hydrogens (tertiary/aromatic N) is 1. The van der Waals surface area contributed by atoms with Gasteiger partial charge in [-0.2, -0.15) is 0 Å². The minimum absolute atomic E-state index is 0.270. The van der Waals surface area contributed by atoms with Crippen molar-refractivity contribution in [2.24, 2.45) is 0 Å². The maximum atomic E-state index is 8.38. The first-order valence-electron chi connectivity index (χ1n) is 9.36. The normalized spacial score (nSPS) is 10.7. The summed E-state index contributed by atoms with van der Waals surface area (Å²) in [5.74, 6) is 0. The van der Waals surface area contributed by atoms with Crippen molar-refractivity contribution in [2.45, 2.75) is 39.0 Å². The highest BCUT2D eigenvalue weighted by Crippen LogP contribution is 2.15. The maximum Gasteiger partial charge on any atom is 0.0897 e. The molecule has 138 valence electrons. The van der Waals surface area contributed by atoms with Crippen molar-refractivity contribution in [1.29, 1.82) is 10.8 Å². The van der Waals surface area contributed by atoms with Gasteiger partial charge in [0.1, 0.15) is 0 Å². The molecule has 0 aliphatic rings. The number of unbranched alkanes of at least 4 members (excludes halogenated alkanes) is 2. The average molecular weight is 376 g/mol. The van der Waals surface area contributed by atoms with Crippen LogP contribution in [0.3, 0.4) is 0 Å². The smallest absolute Gasteiger partial charge is 0.0897 e. The van der Waals surface area contributed by atoms with E-state index in [1.165, 1.54) is 17.7 Å². The molecule has 0 spiro atoms. The van der Waals surface area contributed by atoms with Crippen LogP contribution in [0.25, 0.3) is 0 Å². The molecule has 0 atom stereocenters. The van der Waals surface area contributed by atoms with Crippen LogP contribution in [0.15, 0.2) is 60.0 Å². The minimum Gasteiger partial charge on any atom is -0.298 e. The van der Waals surface area contributed by atoms with Crippen LogP contribution in [0.5, 0.6) is 0 Å². The standard InChI is InChI=1S/C23H25N3S/c1-17-26-21(16-27-17)14-7-2-4-9-18-10-8-13-20(15-18)23(25)22(24)19-11-5-3-6-12-19/h3,5-6,8,10-13,15-16,24-25H,2,4,7,9,14H2,1H3. The first kappa shape index (κ1) is 19.2. The molecular weight excluding hydrogens is 350 g/mol. The summed E-state index contributed by atoms with van der Waals surface area (Å²) in [5, 5.41) is 20.0. The fraction of sp³-hybridized carbons (Fsp3) is 0.261. The van der Waals surface area contributed by atoms with Crippen molar-refractivity contribution in [2.75, 3.05) is 0 Å². The molecule has 0 radical (unpaired) electrons. The topological polar surface area (TPSA) is 60.6 Å². The fourth-order valence-corrected chi connectivity index (χ4v) is 3.76. The van der Waals surface area contributed by atoms with E-state index in [0.717, 1.165) is 41.8 Å². The number of aromatic nitrogens is 1. The Labute approximate surface area is 165 Å². The van der Waals surface area contributed by atoms with Crippen LogP contribution in [-0.2, 0) is 12.8 Å². The lowest BCUT2D eigenvalue weighted by Crippen LogP contribution is -2.14. The van der Waals surface area contributed by atoms with E-state index >= 15 is 0 Å². The minimum atomic E-state index is 0.270. The first-order chi connectivity index (χ1) is 13.1. The quantitative estimate of drug-likeness (QED) is 0.358. The molecule has 0 fully saturated rings. The van der Waals surface area contributed by atoms with E-state index in [0.29, 0.717) is 0 Å². The van der Waals surface area contributed by atoms with E-state index < -0.39 is 0 Å². The van der Waals surface area contributed by atoms with Crippen molar-refractivity contribution in [3.63, 3.8) is 0 Å². The number of hydrogen-bond donors (Lipinski definition) is 2. The molecule has 0 bridgehead atoms. The molecule has 2 aromatic carbocycles. The molecule has 2 N–H and O–H groups in total. The first-order valence-corrected chi connectivity index (χ1v) is 10.2. The van der Waals surface area contributed by atoms with Crippen molar-refractivity contribution in [3.8, 4) is 0 Å². The number of rotatable bonds is 9. The SMILES string of the molecule is Cc1nc(CCCCCc2cccc(C(=N)C(=N)c3ccccc3)c2)cs1. The number of aryl methyl sites for hydroxylation is 3. The van der Waals surface area contributed by atoms with Gasteiger partial charge in [0, 0.05) is 16.5 Å². The third kappa shape index (κ3) is 5.44. The Morgan fingerprint density at radius 3 is 2.30 bits per heavy atom. The molecule has 0 unspecified atom stereocenters. The van der Waals surface area contributed by atoms with E-state index in [4.69, 9.17) is 10.8 Å². The molecule has 1 heterocycles. The number of hydrogen-bond acceptors (Lipinski definition) is 4. The van der Waals surface area contributed by atoms with Crippen molar-refractivity contribution < 1.29 is 0 Å². The molecule has 0 aliphatic heterocycles. The molecule has 3 nitrogen and oxygen atoms in total. The third-order valence-electron chi connectivity index (χ3n) is 4.59. The molecule has 27 heavy (non-hydrogen) atoms. The van der Waals surface area contributed by atoms with Gasteiger partial charge in [-0.05, 0) is 44.2 Å². The summed E-state index contributed by atoms with van der Waals surface area (Å²) in [6, 6.07) is 17.6. The summed E-state index contributed by atoms with van der Waals surface area (Å²) in [6.07, 6.45) is 5.55. The summed E-state index contributed by atoms with van der Waals surface area (Å²) in [4.78, 5) is 4.51. The van der Waals surface area contributed by atoms with Crippen LogP contribution in [0, 0.1) is 17.7 Å². The molecule has 0 aliphatic carbocycles. The van der Waals surface area contributed by atoms with Gasteiger partial charge in [-0.3, -0.25) is 10.8 Å². The number of nitrogens with one attached hydrogen (secondary N) is 2.